The number of nitrogens with zero attached hydrogens (tertiary/aromatic N) is 4. The van der Waals surface area contributed by atoms with Crippen molar-refractivity contribution in [1.29, 1.82) is 0 Å². The largest absolute Gasteiger partial charge is 0.493 e. The van der Waals surface area contributed by atoms with Crippen LogP contribution in [0, 0.1) is 10.1 Å². The molecule has 0 spiro atoms. The molecular formula is C44H54N6O9. The van der Waals surface area contributed by atoms with Gasteiger partial charge in [-0.3, -0.25) is 39.3 Å². The van der Waals surface area contributed by atoms with Gasteiger partial charge in [0.15, 0.2) is 0 Å². The molecule has 4 aromatic rings. The molecule has 2 amide bonds. The topological polar surface area (TPSA) is 202 Å². The maximum absolute atomic E-state index is 13.7. The molecular weight excluding hydrogens is 757 g/mol. The fraction of sp³-hybridized carbons (Fsp3) is 0.432. The van der Waals surface area contributed by atoms with Crippen LogP contribution in [0.2, 0.25) is 0 Å². The van der Waals surface area contributed by atoms with E-state index in [0.717, 1.165) is 12.1 Å². The Balaban J connectivity index is 1.36. The Bertz CT molecular complexity index is 1990. The van der Waals surface area contributed by atoms with Gasteiger partial charge in [0.2, 0.25) is 0 Å². The van der Waals surface area contributed by atoms with E-state index in [1.54, 1.807) is 60.9 Å². The molecule has 59 heavy (non-hydrogen) atoms. The Kier molecular flexibility index (Phi) is 15.7. The van der Waals surface area contributed by atoms with Crippen LogP contribution in [0.5, 0.6) is 5.75 Å². The molecule has 15 nitrogen and oxygen atoms in total. The number of nitro benzene ring substituents is 1. The van der Waals surface area contributed by atoms with Crippen molar-refractivity contribution in [2.45, 2.75) is 110 Å². The zero-order valence-corrected chi connectivity index (χ0v) is 34.8. The molecule has 3 aromatic heterocycles. The van der Waals surface area contributed by atoms with E-state index in [9.17, 15) is 29.3 Å². The molecule has 3 heterocycles. The number of rotatable bonds is 19. The number of benzene rings is 1. The predicted octanol–water partition coefficient (Wildman–Crippen LogP) is 7.83. The Morgan fingerprint density at radius 3 is 1.68 bits per heavy atom. The number of non-ortho nitro benzene ring substituents is 1. The maximum Gasteiger partial charge on any atom is 0.306 e. The third-order valence-corrected chi connectivity index (χ3v) is 8.70. The van der Waals surface area contributed by atoms with E-state index in [4.69, 9.17) is 19.2 Å². The third-order valence-electron chi connectivity index (χ3n) is 8.70. The van der Waals surface area contributed by atoms with Gasteiger partial charge in [-0.25, -0.2) is 4.98 Å². The van der Waals surface area contributed by atoms with Crippen molar-refractivity contribution in [3.63, 3.8) is 0 Å². The number of nitrogens with one attached hydrogen (secondary N) is 2. The number of esters is 2. The molecule has 314 valence electrons. The quantitative estimate of drug-likeness (QED) is 0.0403. The summed E-state index contributed by atoms with van der Waals surface area (Å²) in [5.74, 6) is -1.66. The highest BCUT2D eigenvalue weighted by molar-refractivity contribution is 6.01. The van der Waals surface area contributed by atoms with E-state index in [1.165, 1.54) is 6.07 Å². The van der Waals surface area contributed by atoms with Crippen molar-refractivity contribution in [3.8, 4) is 28.5 Å². The Labute approximate surface area is 344 Å². The zero-order valence-electron chi connectivity index (χ0n) is 34.8. The Morgan fingerprint density at radius 2 is 1.20 bits per heavy atom. The highest BCUT2D eigenvalue weighted by Crippen LogP contribution is 2.28. The molecule has 0 aliphatic carbocycles. The Hall–Kier alpha value is -6.25. The first-order valence-electron chi connectivity index (χ1n) is 19.6. The van der Waals surface area contributed by atoms with Crippen molar-refractivity contribution >= 4 is 29.4 Å². The SMILES string of the molecule is CC(CCC(=O)OC(C)(C)C)(CCC(=O)OC(C)(C)C)NC(=O)c1cc(C(=O)NCCCCCOc2cc(-c3ccccn3)nc(-c3ccccn3)c2)cc([N+](=O)[O-])c1. The fourth-order valence-corrected chi connectivity index (χ4v) is 5.89. The number of amides is 2. The smallest absolute Gasteiger partial charge is 0.306 e. The summed E-state index contributed by atoms with van der Waals surface area (Å²) in [7, 11) is 0. The zero-order chi connectivity index (χ0) is 43.2. The molecule has 0 aliphatic heterocycles. The van der Waals surface area contributed by atoms with Gasteiger partial charge in [-0.05, 0) is 111 Å². The number of aromatic nitrogens is 3. The first kappa shape index (κ1) is 45.5. The van der Waals surface area contributed by atoms with Gasteiger partial charge in [-0.1, -0.05) is 12.1 Å². The number of carbonyl (C=O) groups is 4. The highest BCUT2D eigenvalue weighted by Gasteiger charge is 2.31. The van der Waals surface area contributed by atoms with E-state index in [1.807, 2.05) is 48.5 Å². The molecule has 0 bridgehead atoms. The maximum atomic E-state index is 13.7. The van der Waals surface area contributed by atoms with Crippen molar-refractivity contribution in [1.82, 2.24) is 25.6 Å². The second-order valence-electron chi connectivity index (χ2n) is 16.4. The number of carbonyl (C=O) groups excluding carboxylic acids is 4. The van der Waals surface area contributed by atoms with Crippen LogP contribution in [0.4, 0.5) is 5.69 Å². The summed E-state index contributed by atoms with van der Waals surface area (Å²) < 4.78 is 17.0. The van der Waals surface area contributed by atoms with E-state index in [2.05, 4.69) is 20.6 Å². The van der Waals surface area contributed by atoms with Crippen LogP contribution in [-0.2, 0) is 19.1 Å². The normalized spacial score (nSPS) is 11.6. The van der Waals surface area contributed by atoms with Gasteiger partial charge >= 0.3 is 11.9 Å². The molecule has 0 atom stereocenters. The monoisotopic (exact) mass is 810 g/mol. The summed E-state index contributed by atoms with van der Waals surface area (Å²) in [6.07, 6.45) is 5.45. The lowest BCUT2D eigenvalue weighted by Crippen LogP contribution is -2.47. The molecule has 0 unspecified atom stereocenters. The lowest BCUT2D eigenvalue weighted by Gasteiger charge is -2.32. The van der Waals surface area contributed by atoms with Gasteiger partial charge in [0.25, 0.3) is 17.5 Å². The highest BCUT2D eigenvalue weighted by atomic mass is 16.6. The summed E-state index contributed by atoms with van der Waals surface area (Å²) in [6.45, 7) is 12.8. The predicted molar refractivity (Wildman–Crippen MR) is 222 cm³/mol. The van der Waals surface area contributed by atoms with E-state index >= 15 is 0 Å². The van der Waals surface area contributed by atoms with E-state index in [-0.39, 0.29) is 43.4 Å². The standard InChI is InChI=1S/C44H54N6O9/c1-42(2,3)58-38(51)17-19-44(7,20-18-39(52)59-43(4,5)6)49-41(54)31-25-30(26-32(27-31)50(55)56)40(53)47-23-11-8-14-24-57-33-28-36(34-15-9-12-21-45-34)48-37(29-33)35-16-10-13-22-46-35/h9-10,12-13,15-16,21-22,25-29H,8,11,14,17-20,23-24H2,1-7H3,(H,47,53)(H,49,54). The summed E-state index contributed by atoms with van der Waals surface area (Å²) >= 11 is 0. The molecule has 0 radical (unpaired) electrons. The van der Waals surface area contributed by atoms with Crippen molar-refractivity contribution < 1.29 is 38.3 Å². The van der Waals surface area contributed by atoms with Gasteiger partial charge in [-0.2, -0.15) is 0 Å². The van der Waals surface area contributed by atoms with Gasteiger partial charge in [0, 0.05) is 72.7 Å². The van der Waals surface area contributed by atoms with Crippen LogP contribution < -0.4 is 15.4 Å². The van der Waals surface area contributed by atoms with Crippen LogP contribution in [-0.4, -0.2) is 73.5 Å². The minimum absolute atomic E-state index is 0.0676. The first-order valence-corrected chi connectivity index (χ1v) is 19.6. The van der Waals surface area contributed by atoms with E-state index < -0.39 is 51.1 Å². The molecule has 15 heteroatoms. The molecule has 1 aromatic carbocycles. The lowest BCUT2D eigenvalue weighted by atomic mass is 9.89. The number of nitro groups is 1. The first-order chi connectivity index (χ1) is 27.8. The molecule has 0 aliphatic rings. The lowest BCUT2D eigenvalue weighted by molar-refractivity contribution is -0.384. The van der Waals surface area contributed by atoms with Crippen molar-refractivity contribution in [2.24, 2.45) is 0 Å². The number of hydrogen-bond donors (Lipinski definition) is 2. The summed E-state index contributed by atoms with van der Waals surface area (Å²) in [5, 5.41) is 17.5. The molecule has 0 saturated carbocycles. The average Bonchev–Trinajstić information content (AvgIpc) is 3.18. The van der Waals surface area contributed by atoms with Crippen LogP contribution in [0.15, 0.2) is 79.1 Å². The summed E-state index contributed by atoms with van der Waals surface area (Å²) in [6, 6.07) is 18.3. The fourth-order valence-electron chi connectivity index (χ4n) is 5.89. The number of ether oxygens (including phenoxy) is 3. The van der Waals surface area contributed by atoms with E-state index in [0.29, 0.717) is 54.4 Å². The molecule has 0 saturated heterocycles. The number of hydrogen-bond acceptors (Lipinski definition) is 12. The number of unbranched alkanes of at least 4 members (excludes halogenated alkanes) is 2. The van der Waals surface area contributed by atoms with Gasteiger partial charge in [-0.15, -0.1) is 0 Å². The third kappa shape index (κ3) is 15.6. The number of pyridine rings is 3. The summed E-state index contributed by atoms with van der Waals surface area (Å²) in [5.41, 5.74) is -0.507. The van der Waals surface area contributed by atoms with Crippen molar-refractivity contribution in [3.05, 3.63) is 100 Å². The van der Waals surface area contributed by atoms with Crippen molar-refractivity contribution in [2.75, 3.05) is 13.2 Å². The molecule has 2 N–H and O–H groups in total. The molecule has 4 rings (SSSR count). The average molecular weight is 811 g/mol. The van der Waals surface area contributed by atoms with Crippen LogP contribution in [0.25, 0.3) is 22.8 Å². The molecule has 0 fully saturated rings. The van der Waals surface area contributed by atoms with Gasteiger partial charge in [0.1, 0.15) is 17.0 Å². The van der Waals surface area contributed by atoms with Crippen LogP contribution in [0.3, 0.4) is 0 Å². The van der Waals surface area contributed by atoms with Gasteiger partial charge < -0.3 is 24.8 Å². The van der Waals surface area contributed by atoms with Crippen LogP contribution >= 0.6 is 0 Å². The minimum Gasteiger partial charge on any atom is -0.493 e. The second-order valence-corrected chi connectivity index (χ2v) is 16.4. The van der Waals surface area contributed by atoms with Crippen LogP contribution in [0.1, 0.15) is 114 Å². The second kappa shape index (κ2) is 20.4. The van der Waals surface area contributed by atoms with Gasteiger partial charge in [0.05, 0.1) is 34.3 Å². The summed E-state index contributed by atoms with van der Waals surface area (Å²) in [4.78, 5) is 76.9. The Morgan fingerprint density at radius 1 is 0.678 bits per heavy atom. The minimum atomic E-state index is -1.12.